The van der Waals surface area contributed by atoms with Gasteiger partial charge in [0.1, 0.15) is 0 Å². The minimum absolute atomic E-state index is 0.949. The zero-order valence-electron chi connectivity index (χ0n) is 7.36. The summed E-state index contributed by atoms with van der Waals surface area (Å²) in [5, 5.41) is 8.83. The van der Waals surface area contributed by atoms with E-state index in [-0.39, 0.29) is 0 Å². The fourth-order valence-corrected chi connectivity index (χ4v) is 0.929. The molecule has 1 aromatic carbocycles. The van der Waals surface area contributed by atoms with Gasteiger partial charge in [-0.1, -0.05) is 32.0 Å². The average Bonchev–Trinajstić information content (AvgIpc) is 2.21. The van der Waals surface area contributed by atoms with Crippen LogP contribution in [0.3, 0.4) is 0 Å². The third-order valence-electron chi connectivity index (χ3n) is 1.42. The molecule has 0 saturated carbocycles. The third kappa shape index (κ3) is 1.78. The van der Waals surface area contributed by atoms with E-state index >= 15 is 0 Å². The van der Waals surface area contributed by atoms with Crippen molar-refractivity contribution in [2.45, 2.75) is 13.8 Å². The summed E-state index contributed by atoms with van der Waals surface area (Å²) in [6, 6.07) is 9.86. The Hall–Kier alpha value is -1.44. The van der Waals surface area contributed by atoms with Crippen LogP contribution < -0.4 is 0 Å². The lowest BCUT2D eigenvalue weighted by Crippen LogP contribution is -1.79. The van der Waals surface area contributed by atoms with Crippen molar-refractivity contribution in [2.75, 3.05) is 0 Å². The highest BCUT2D eigenvalue weighted by Crippen LogP contribution is 2.06. The first-order valence-electron chi connectivity index (χ1n) is 4.13. The summed E-state index contributed by atoms with van der Waals surface area (Å²) in [7, 11) is 0. The lowest BCUT2D eigenvalue weighted by Gasteiger charge is -1.90. The van der Waals surface area contributed by atoms with Crippen LogP contribution in [0.4, 0.5) is 0 Å². The van der Waals surface area contributed by atoms with Crippen molar-refractivity contribution in [3.63, 3.8) is 0 Å². The summed E-state index contributed by atoms with van der Waals surface area (Å²) in [5.74, 6) is 0. The van der Waals surface area contributed by atoms with Gasteiger partial charge in [-0.05, 0) is 12.1 Å². The van der Waals surface area contributed by atoms with Gasteiger partial charge in [-0.15, -0.1) is 0 Å². The van der Waals surface area contributed by atoms with Gasteiger partial charge in [0.05, 0.1) is 11.7 Å². The number of fused-ring (bicyclic) bond motifs is 1. The van der Waals surface area contributed by atoms with Crippen LogP contribution in [0, 0.1) is 0 Å². The summed E-state index contributed by atoms with van der Waals surface area (Å²) in [6.07, 6.45) is 1.70. The Balaban J connectivity index is 0.000000336. The minimum atomic E-state index is 0.949. The molecule has 0 bridgehead atoms. The minimum Gasteiger partial charge on any atom is -0.159 e. The second kappa shape index (κ2) is 4.44. The van der Waals surface area contributed by atoms with Crippen LogP contribution in [0.1, 0.15) is 13.8 Å². The molecule has 0 N–H and O–H groups in total. The van der Waals surface area contributed by atoms with Gasteiger partial charge in [0.25, 0.3) is 0 Å². The maximum Gasteiger partial charge on any atom is 0.0929 e. The van der Waals surface area contributed by atoms with Crippen LogP contribution in [-0.4, -0.2) is 10.2 Å². The largest absolute Gasteiger partial charge is 0.159 e. The Bertz CT molecular complexity index is 279. The molecule has 2 aromatic rings. The summed E-state index contributed by atoms with van der Waals surface area (Å²) in [6.45, 7) is 4.00. The van der Waals surface area contributed by atoms with Gasteiger partial charge in [0.2, 0.25) is 0 Å². The van der Waals surface area contributed by atoms with Crippen LogP contribution >= 0.6 is 0 Å². The number of benzene rings is 1. The molecular formula is C10H12N2. The fraction of sp³-hybridized carbons (Fsp3) is 0.200. The van der Waals surface area contributed by atoms with Crippen molar-refractivity contribution in [3.8, 4) is 0 Å². The molecule has 2 heteroatoms. The second-order valence-corrected chi connectivity index (χ2v) is 2.09. The highest BCUT2D eigenvalue weighted by molar-refractivity contribution is 5.77. The number of hydrogen-bond donors (Lipinski definition) is 0. The molecule has 0 spiro atoms. The molecule has 0 aliphatic rings. The van der Waals surface area contributed by atoms with Crippen molar-refractivity contribution in [1.82, 2.24) is 10.2 Å². The quantitative estimate of drug-likeness (QED) is 0.592. The molecule has 0 fully saturated rings. The molecule has 12 heavy (non-hydrogen) atoms. The number of nitrogens with zero attached hydrogens (tertiary/aromatic N) is 2. The van der Waals surface area contributed by atoms with E-state index in [9.17, 15) is 0 Å². The predicted octanol–water partition coefficient (Wildman–Crippen LogP) is 2.66. The highest BCUT2D eigenvalue weighted by atomic mass is 15.1. The van der Waals surface area contributed by atoms with Crippen LogP contribution in [0.15, 0.2) is 36.5 Å². The summed E-state index contributed by atoms with van der Waals surface area (Å²) >= 11 is 0. The van der Waals surface area contributed by atoms with Gasteiger partial charge < -0.3 is 0 Å². The van der Waals surface area contributed by atoms with Gasteiger partial charge in [-0.25, -0.2) is 0 Å². The molecule has 0 aliphatic heterocycles. The van der Waals surface area contributed by atoms with Crippen LogP contribution in [-0.2, 0) is 0 Å². The summed E-state index contributed by atoms with van der Waals surface area (Å²) in [4.78, 5) is 0. The lowest BCUT2D eigenvalue weighted by molar-refractivity contribution is 1.08. The topological polar surface area (TPSA) is 25.8 Å². The maximum absolute atomic E-state index is 3.93. The SMILES string of the molecule is CC.c1ccc2nnccc2c1. The third-order valence-corrected chi connectivity index (χ3v) is 1.42. The van der Waals surface area contributed by atoms with E-state index in [4.69, 9.17) is 0 Å². The molecule has 0 aliphatic carbocycles. The normalized spacial score (nSPS) is 8.83. The van der Waals surface area contributed by atoms with Crippen LogP contribution in [0.25, 0.3) is 10.9 Å². The van der Waals surface area contributed by atoms with Crippen molar-refractivity contribution in [2.24, 2.45) is 0 Å². The zero-order valence-corrected chi connectivity index (χ0v) is 7.36. The van der Waals surface area contributed by atoms with Gasteiger partial charge in [-0.2, -0.15) is 10.2 Å². The molecule has 2 nitrogen and oxygen atoms in total. The van der Waals surface area contributed by atoms with Gasteiger partial charge >= 0.3 is 0 Å². The number of aromatic nitrogens is 2. The fourth-order valence-electron chi connectivity index (χ4n) is 0.929. The Morgan fingerprint density at radius 3 is 2.50 bits per heavy atom. The number of rotatable bonds is 0. The Labute approximate surface area is 72.3 Å². The molecule has 62 valence electrons. The molecular weight excluding hydrogens is 148 g/mol. The summed E-state index contributed by atoms with van der Waals surface area (Å²) < 4.78 is 0. The zero-order chi connectivity index (χ0) is 8.81. The van der Waals surface area contributed by atoms with Crippen molar-refractivity contribution >= 4 is 10.9 Å². The summed E-state index contributed by atoms with van der Waals surface area (Å²) in [5.41, 5.74) is 0.949. The Morgan fingerprint density at radius 1 is 1.00 bits per heavy atom. The van der Waals surface area contributed by atoms with E-state index in [1.54, 1.807) is 6.20 Å². The standard InChI is InChI=1S/C8H6N2.C2H6/c1-2-4-8-7(3-1)5-6-9-10-8;1-2/h1-6H;1-2H3. The molecule has 1 aromatic heterocycles. The first-order valence-corrected chi connectivity index (χ1v) is 4.13. The molecule has 0 atom stereocenters. The smallest absolute Gasteiger partial charge is 0.0929 e. The lowest BCUT2D eigenvalue weighted by atomic mass is 10.2. The van der Waals surface area contributed by atoms with Crippen LogP contribution in [0.2, 0.25) is 0 Å². The van der Waals surface area contributed by atoms with Crippen LogP contribution in [0.5, 0.6) is 0 Å². The Morgan fingerprint density at radius 2 is 1.75 bits per heavy atom. The Kier molecular flexibility index (Phi) is 3.20. The van der Waals surface area contributed by atoms with Crippen molar-refractivity contribution < 1.29 is 0 Å². The molecule has 0 saturated heterocycles. The predicted molar refractivity (Wildman–Crippen MR) is 50.9 cm³/mol. The van der Waals surface area contributed by atoms with E-state index in [1.165, 1.54) is 0 Å². The molecule has 0 radical (unpaired) electrons. The van der Waals surface area contributed by atoms with E-state index in [2.05, 4.69) is 10.2 Å². The molecule has 1 heterocycles. The van der Waals surface area contributed by atoms with Gasteiger partial charge in [-0.3, -0.25) is 0 Å². The van der Waals surface area contributed by atoms with Gasteiger partial charge in [0, 0.05) is 5.39 Å². The highest BCUT2D eigenvalue weighted by Gasteiger charge is 1.87. The van der Waals surface area contributed by atoms with Gasteiger partial charge in [0.15, 0.2) is 0 Å². The molecule has 0 unspecified atom stereocenters. The monoisotopic (exact) mass is 160 g/mol. The molecule has 0 amide bonds. The van der Waals surface area contributed by atoms with E-state index < -0.39 is 0 Å². The number of hydrogen-bond acceptors (Lipinski definition) is 2. The molecule has 2 rings (SSSR count). The average molecular weight is 160 g/mol. The maximum atomic E-state index is 3.93. The second-order valence-electron chi connectivity index (χ2n) is 2.09. The van der Waals surface area contributed by atoms with Crippen molar-refractivity contribution in [1.29, 1.82) is 0 Å². The van der Waals surface area contributed by atoms with E-state index in [0.717, 1.165) is 10.9 Å². The first kappa shape index (κ1) is 8.65. The van der Waals surface area contributed by atoms with Crippen molar-refractivity contribution in [3.05, 3.63) is 36.5 Å². The van der Waals surface area contributed by atoms with E-state index in [0.29, 0.717) is 0 Å². The van der Waals surface area contributed by atoms with E-state index in [1.807, 2.05) is 44.2 Å². The first-order chi connectivity index (χ1) is 5.97.